The monoisotopic (exact) mass is 412 g/mol. The minimum Gasteiger partial charge on any atom is -0.464 e. The molecule has 0 spiro atoms. The SMILES string of the molecule is CCOC(=O)[C@H](C)NC(=O)[C@H](Cc1ccccc1)N(C)C(=O)OCc1ccccc1. The molecular weight excluding hydrogens is 384 g/mol. The zero-order valence-corrected chi connectivity index (χ0v) is 17.5. The third-order valence-corrected chi connectivity index (χ3v) is 4.53. The first-order chi connectivity index (χ1) is 14.4. The number of carbonyl (C=O) groups is 3. The second-order valence-corrected chi connectivity index (χ2v) is 6.84. The molecule has 0 aliphatic carbocycles. The fourth-order valence-electron chi connectivity index (χ4n) is 2.83. The fourth-order valence-corrected chi connectivity index (χ4v) is 2.83. The van der Waals surface area contributed by atoms with Crippen LogP contribution < -0.4 is 5.32 Å². The van der Waals surface area contributed by atoms with Gasteiger partial charge in [0.1, 0.15) is 18.7 Å². The Balaban J connectivity index is 2.09. The van der Waals surface area contributed by atoms with E-state index in [-0.39, 0.29) is 19.6 Å². The molecule has 2 aromatic carbocycles. The summed E-state index contributed by atoms with van der Waals surface area (Å²) in [6, 6.07) is 16.9. The molecule has 0 bridgehead atoms. The normalized spacial score (nSPS) is 12.4. The van der Waals surface area contributed by atoms with Gasteiger partial charge in [-0.2, -0.15) is 0 Å². The van der Waals surface area contributed by atoms with Gasteiger partial charge in [-0.3, -0.25) is 9.69 Å². The van der Waals surface area contributed by atoms with Gasteiger partial charge in [0.05, 0.1) is 6.61 Å². The zero-order valence-electron chi connectivity index (χ0n) is 17.5. The summed E-state index contributed by atoms with van der Waals surface area (Å²) in [5, 5.41) is 2.63. The number of nitrogens with one attached hydrogen (secondary N) is 1. The van der Waals surface area contributed by atoms with Gasteiger partial charge in [-0.1, -0.05) is 60.7 Å². The fraction of sp³-hybridized carbons (Fsp3) is 0.348. The Morgan fingerprint density at radius 3 is 2.07 bits per heavy atom. The summed E-state index contributed by atoms with van der Waals surface area (Å²) in [5.41, 5.74) is 1.73. The van der Waals surface area contributed by atoms with Gasteiger partial charge in [0.2, 0.25) is 5.91 Å². The Bertz CT molecular complexity index is 826. The van der Waals surface area contributed by atoms with Crippen LogP contribution in [0.4, 0.5) is 4.79 Å². The Morgan fingerprint density at radius 2 is 1.50 bits per heavy atom. The quantitative estimate of drug-likeness (QED) is 0.640. The van der Waals surface area contributed by atoms with Gasteiger partial charge in [-0.05, 0) is 25.0 Å². The molecule has 0 aliphatic rings. The van der Waals surface area contributed by atoms with Crippen molar-refractivity contribution in [2.24, 2.45) is 0 Å². The molecule has 0 aromatic heterocycles. The van der Waals surface area contributed by atoms with Crippen molar-refractivity contribution >= 4 is 18.0 Å². The number of hydrogen-bond acceptors (Lipinski definition) is 5. The molecule has 2 atom stereocenters. The van der Waals surface area contributed by atoms with Crippen LogP contribution >= 0.6 is 0 Å². The van der Waals surface area contributed by atoms with Crippen LogP contribution in [0.3, 0.4) is 0 Å². The summed E-state index contributed by atoms with van der Waals surface area (Å²) in [6.07, 6.45) is -0.349. The van der Waals surface area contributed by atoms with Crippen molar-refractivity contribution in [1.29, 1.82) is 0 Å². The highest BCUT2D eigenvalue weighted by molar-refractivity contribution is 5.89. The highest BCUT2D eigenvalue weighted by Gasteiger charge is 2.30. The van der Waals surface area contributed by atoms with Crippen LogP contribution in [0.15, 0.2) is 60.7 Å². The molecule has 2 rings (SSSR count). The Hall–Kier alpha value is -3.35. The van der Waals surface area contributed by atoms with E-state index in [1.807, 2.05) is 60.7 Å². The Morgan fingerprint density at radius 1 is 0.933 bits per heavy atom. The van der Waals surface area contributed by atoms with Crippen molar-refractivity contribution < 1.29 is 23.9 Å². The molecule has 160 valence electrons. The molecule has 0 saturated heterocycles. The molecule has 1 N–H and O–H groups in total. The van der Waals surface area contributed by atoms with E-state index >= 15 is 0 Å². The number of ether oxygens (including phenoxy) is 2. The minimum atomic E-state index is -0.854. The number of benzene rings is 2. The van der Waals surface area contributed by atoms with E-state index in [0.29, 0.717) is 0 Å². The summed E-state index contributed by atoms with van der Waals surface area (Å²) in [6.45, 7) is 3.56. The van der Waals surface area contributed by atoms with Crippen LogP contribution in [-0.4, -0.2) is 48.6 Å². The van der Waals surface area contributed by atoms with Crippen molar-refractivity contribution in [2.45, 2.75) is 39.0 Å². The van der Waals surface area contributed by atoms with Gasteiger partial charge in [0.25, 0.3) is 0 Å². The first-order valence-electron chi connectivity index (χ1n) is 9.86. The lowest BCUT2D eigenvalue weighted by atomic mass is 10.0. The van der Waals surface area contributed by atoms with E-state index in [1.165, 1.54) is 11.9 Å². The lowest BCUT2D eigenvalue weighted by Gasteiger charge is -2.28. The topological polar surface area (TPSA) is 84.9 Å². The predicted octanol–water partition coefficient (Wildman–Crippen LogP) is 2.93. The number of esters is 1. The number of carbonyl (C=O) groups excluding carboxylic acids is 3. The molecule has 0 saturated carbocycles. The van der Waals surface area contributed by atoms with Crippen LogP contribution in [-0.2, 0) is 32.1 Å². The Kier molecular flexibility index (Phi) is 8.87. The van der Waals surface area contributed by atoms with Crippen LogP contribution in [0.25, 0.3) is 0 Å². The van der Waals surface area contributed by atoms with Gasteiger partial charge in [-0.25, -0.2) is 9.59 Å². The van der Waals surface area contributed by atoms with Crippen LogP contribution in [0.2, 0.25) is 0 Å². The lowest BCUT2D eigenvalue weighted by Crippen LogP contribution is -2.52. The van der Waals surface area contributed by atoms with Crippen molar-refractivity contribution in [1.82, 2.24) is 10.2 Å². The maximum Gasteiger partial charge on any atom is 0.410 e. The average molecular weight is 412 g/mol. The lowest BCUT2D eigenvalue weighted by molar-refractivity contribution is -0.147. The first kappa shape index (κ1) is 22.9. The summed E-state index contributed by atoms with van der Waals surface area (Å²) < 4.78 is 10.3. The van der Waals surface area contributed by atoms with Gasteiger partial charge >= 0.3 is 12.1 Å². The summed E-state index contributed by atoms with van der Waals surface area (Å²) in [4.78, 5) is 38.7. The molecule has 7 nitrogen and oxygen atoms in total. The van der Waals surface area contributed by atoms with E-state index in [9.17, 15) is 14.4 Å². The zero-order chi connectivity index (χ0) is 21.9. The third-order valence-electron chi connectivity index (χ3n) is 4.53. The van der Waals surface area contributed by atoms with Crippen LogP contribution in [0, 0.1) is 0 Å². The molecule has 0 radical (unpaired) electrons. The van der Waals surface area contributed by atoms with Gasteiger partial charge in [0, 0.05) is 13.5 Å². The number of rotatable bonds is 9. The van der Waals surface area contributed by atoms with Crippen LogP contribution in [0.5, 0.6) is 0 Å². The van der Waals surface area contributed by atoms with Crippen molar-refractivity contribution in [3.63, 3.8) is 0 Å². The molecule has 2 aromatic rings. The average Bonchev–Trinajstić information content (AvgIpc) is 2.76. The number of nitrogens with zero attached hydrogens (tertiary/aromatic N) is 1. The predicted molar refractivity (Wildman–Crippen MR) is 113 cm³/mol. The minimum absolute atomic E-state index is 0.100. The molecule has 0 unspecified atom stereocenters. The molecule has 30 heavy (non-hydrogen) atoms. The van der Waals surface area contributed by atoms with E-state index in [1.54, 1.807) is 13.8 Å². The molecule has 7 heteroatoms. The number of amides is 2. The smallest absolute Gasteiger partial charge is 0.410 e. The first-order valence-corrected chi connectivity index (χ1v) is 9.86. The van der Waals surface area contributed by atoms with Crippen molar-refractivity contribution in [3.8, 4) is 0 Å². The molecular formula is C23H28N2O5. The third kappa shape index (κ3) is 6.92. The van der Waals surface area contributed by atoms with E-state index in [0.717, 1.165) is 11.1 Å². The number of hydrogen-bond donors (Lipinski definition) is 1. The van der Waals surface area contributed by atoms with Crippen molar-refractivity contribution in [2.75, 3.05) is 13.7 Å². The number of likely N-dealkylation sites (N-methyl/N-ethyl adjacent to an activating group) is 1. The maximum absolute atomic E-state index is 12.9. The Labute approximate surface area is 177 Å². The second kappa shape index (κ2) is 11.6. The van der Waals surface area contributed by atoms with Crippen molar-refractivity contribution in [3.05, 3.63) is 71.8 Å². The van der Waals surface area contributed by atoms with E-state index < -0.39 is 30.1 Å². The van der Waals surface area contributed by atoms with Gasteiger partial charge < -0.3 is 14.8 Å². The maximum atomic E-state index is 12.9. The molecule has 0 aliphatic heterocycles. The van der Waals surface area contributed by atoms with E-state index in [4.69, 9.17) is 9.47 Å². The van der Waals surface area contributed by atoms with E-state index in [2.05, 4.69) is 5.32 Å². The summed E-state index contributed by atoms with van der Waals surface area (Å²) in [7, 11) is 1.51. The standard InChI is InChI=1S/C23H28N2O5/c1-4-29-22(27)17(2)24-21(26)20(15-18-11-7-5-8-12-18)25(3)23(28)30-16-19-13-9-6-10-14-19/h5-14,17,20H,4,15-16H2,1-3H3,(H,24,26)/t17-,20-/m0/s1. The second-order valence-electron chi connectivity index (χ2n) is 6.84. The summed E-state index contributed by atoms with van der Waals surface area (Å²) in [5.74, 6) is -0.989. The summed E-state index contributed by atoms with van der Waals surface area (Å²) >= 11 is 0. The molecule has 0 heterocycles. The molecule has 0 fully saturated rings. The molecule has 2 amide bonds. The highest BCUT2D eigenvalue weighted by atomic mass is 16.6. The van der Waals surface area contributed by atoms with Gasteiger partial charge in [0.15, 0.2) is 0 Å². The van der Waals surface area contributed by atoms with Crippen LogP contribution in [0.1, 0.15) is 25.0 Å². The largest absolute Gasteiger partial charge is 0.464 e. The highest BCUT2D eigenvalue weighted by Crippen LogP contribution is 2.11. The van der Waals surface area contributed by atoms with Gasteiger partial charge in [-0.15, -0.1) is 0 Å².